The van der Waals surface area contributed by atoms with Crippen LogP contribution in [0.15, 0.2) is 72.3 Å². The Morgan fingerprint density at radius 2 is 1.65 bits per heavy atom. The van der Waals surface area contributed by atoms with E-state index in [1.807, 2.05) is 34.6 Å². The molecule has 1 fully saturated rings. The molecule has 40 heavy (non-hydrogen) atoms. The second-order valence-electron chi connectivity index (χ2n) is 11.3. The fourth-order valence-electron chi connectivity index (χ4n) is 4.96. The molecule has 0 spiro atoms. The van der Waals surface area contributed by atoms with Gasteiger partial charge in [0.2, 0.25) is 0 Å². The van der Waals surface area contributed by atoms with Gasteiger partial charge in [-0.25, -0.2) is 4.39 Å². The first-order valence-electron chi connectivity index (χ1n) is 13.4. The van der Waals surface area contributed by atoms with Crippen molar-refractivity contribution in [3.05, 3.63) is 100 Å². The monoisotopic (exact) mass is 545 g/mol. The van der Waals surface area contributed by atoms with Crippen molar-refractivity contribution in [2.75, 3.05) is 13.7 Å². The van der Waals surface area contributed by atoms with Crippen LogP contribution in [0.1, 0.15) is 62.9 Å². The number of carbonyl (C=O) groups is 2. The van der Waals surface area contributed by atoms with Crippen LogP contribution in [0.3, 0.4) is 0 Å². The number of aliphatic hydroxyl groups is 1. The number of hydrogen-bond donors (Lipinski definition) is 1. The Morgan fingerprint density at radius 1 is 1.00 bits per heavy atom. The van der Waals surface area contributed by atoms with Crippen molar-refractivity contribution < 1.29 is 28.6 Å². The molecule has 0 aliphatic carbocycles. The number of ketones is 1. The van der Waals surface area contributed by atoms with E-state index in [0.29, 0.717) is 29.0 Å². The molecule has 1 heterocycles. The van der Waals surface area contributed by atoms with Gasteiger partial charge in [0.25, 0.3) is 11.7 Å². The molecule has 1 unspecified atom stereocenters. The SMILES string of the molecule is COc1ccc(/C(O)=C2/C(=O)C(=O)N(CCc3ccc(F)cc3)C2c2ccc(OC(C)C)cc2)cc1C(C)(C)C. The Balaban J connectivity index is 1.81. The van der Waals surface area contributed by atoms with Crippen LogP contribution in [0, 0.1) is 5.82 Å². The molecule has 1 amide bonds. The summed E-state index contributed by atoms with van der Waals surface area (Å²) < 4.78 is 24.7. The normalized spacial score (nSPS) is 17.0. The lowest BCUT2D eigenvalue weighted by atomic mass is 9.84. The fourth-order valence-corrected chi connectivity index (χ4v) is 4.96. The highest BCUT2D eigenvalue weighted by Crippen LogP contribution is 2.41. The molecule has 0 aromatic heterocycles. The van der Waals surface area contributed by atoms with Crippen molar-refractivity contribution in [3.8, 4) is 11.5 Å². The van der Waals surface area contributed by atoms with E-state index in [1.165, 1.54) is 17.0 Å². The van der Waals surface area contributed by atoms with Gasteiger partial charge >= 0.3 is 0 Å². The minimum atomic E-state index is -0.811. The van der Waals surface area contributed by atoms with Crippen LogP contribution >= 0.6 is 0 Å². The molecule has 0 saturated carbocycles. The Labute approximate surface area is 235 Å². The zero-order valence-electron chi connectivity index (χ0n) is 23.8. The van der Waals surface area contributed by atoms with Gasteiger partial charge in [-0.05, 0) is 79.3 Å². The largest absolute Gasteiger partial charge is 0.507 e. The van der Waals surface area contributed by atoms with Crippen molar-refractivity contribution in [2.24, 2.45) is 0 Å². The predicted octanol–water partition coefficient (Wildman–Crippen LogP) is 6.58. The quantitative estimate of drug-likeness (QED) is 0.197. The van der Waals surface area contributed by atoms with Gasteiger partial charge < -0.3 is 19.5 Å². The van der Waals surface area contributed by atoms with Crippen LogP contribution in [-0.2, 0) is 21.4 Å². The number of ether oxygens (including phenoxy) is 2. The lowest BCUT2D eigenvalue weighted by Crippen LogP contribution is -2.31. The summed E-state index contributed by atoms with van der Waals surface area (Å²) in [5, 5.41) is 11.6. The first-order chi connectivity index (χ1) is 18.9. The molecule has 210 valence electrons. The van der Waals surface area contributed by atoms with Crippen LogP contribution in [0.25, 0.3) is 5.76 Å². The maximum atomic E-state index is 13.5. The smallest absolute Gasteiger partial charge is 0.295 e. The average Bonchev–Trinajstić information content (AvgIpc) is 3.16. The van der Waals surface area contributed by atoms with Crippen molar-refractivity contribution in [1.82, 2.24) is 4.90 Å². The number of carbonyl (C=O) groups excluding carboxylic acids is 2. The number of methoxy groups -OCH3 is 1. The van der Waals surface area contributed by atoms with E-state index in [4.69, 9.17) is 9.47 Å². The number of likely N-dealkylation sites (tertiary alicyclic amines) is 1. The van der Waals surface area contributed by atoms with E-state index in [9.17, 15) is 19.1 Å². The Morgan fingerprint density at radius 3 is 2.23 bits per heavy atom. The zero-order chi connectivity index (χ0) is 29.2. The fraction of sp³-hybridized carbons (Fsp3) is 0.333. The van der Waals surface area contributed by atoms with Gasteiger partial charge in [-0.2, -0.15) is 0 Å². The molecule has 3 aromatic rings. The highest BCUT2D eigenvalue weighted by Gasteiger charge is 2.46. The highest BCUT2D eigenvalue weighted by molar-refractivity contribution is 6.46. The summed E-state index contributed by atoms with van der Waals surface area (Å²) in [5.74, 6) is -0.712. The lowest BCUT2D eigenvalue weighted by molar-refractivity contribution is -0.139. The minimum absolute atomic E-state index is 0.0146. The molecule has 7 heteroatoms. The lowest BCUT2D eigenvalue weighted by Gasteiger charge is -2.26. The Bertz CT molecular complexity index is 1420. The van der Waals surface area contributed by atoms with Gasteiger partial charge in [0.15, 0.2) is 0 Å². The van der Waals surface area contributed by atoms with Crippen molar-refractivity contribution in [3.63, 3.8) is 0 Å². The third-order valence-electron chi connectivity index (χ3n) is 6.94. The van der Waals surface area contributed by atoms with E-state index in [-0.39, 0.29) is 35.2 Å². The van der Waals surface area contributed by atoms with Gasteiger partial charge in [0, 0.05) is 17.7 Å². The van der Waals surface area contributed by atoms with Gasteiger partial charge in [0.1, 0.15) is 23.1 Å². The first-order valence-corrected chi connectivity index (χ1v) is 13.4. The standard InChI is InChI=1S/C33H36FNO5/c1-20(2)40-25-14-9-22(10-15-25)29-28(30(36)23-11-16-27(39-6)26(19-23)33(3,4)5)31(37)32(38)35(29)18-17-21-7-12-24(34)13-8-21/h7-16,19-20,29,36H,17-18H2,1-6H3/b30-28-. The maximum Gasteiger partial charge on any atom is 0.295 e. The molecule has 1 N–H and O–H groups in total. The number of Topliss-reactive ketones (excluding diaryl/α,β-unsaturated/α-hetero) is 1. The topological polar surface area (TPSA) is 76.1 Å². The third-order valence-corrected chi connectivity index (χ3v) is 6.94. The summed E-state index contributed by atoms with van der Waals surface area (Å²) in [6.07, 6.45) is 0.397. The number of rotatable bonds is 8. The van der Waals surface area contributed by atoms with E-state index in [1.54, 1.807) is 61.7 Å². The van der Waals surface area contributed by atoms with E-state index in [2.05, 4.69) is 0 Å². The first kappa shape index (κ1) is 28.9. The second-order valence-corrected chi connectivity index (χ2v) is 11.3. The average molecular weight is 546 g/mol. The molecule has 1 aliphatic rings. The number of hydrogen-bond acceptors (Lipinski definition) is 5. The van der Waals surface area contributed by atoms with Gasteiger partial charge in [-0.1, -0.05) is 45.0 Å². The van der Waals surface area contributed by atoms with Gasteiger partial charge in [0.05, 0.1) is 24.8 Å². The summed E-state index contributed by atoms with van der Waals surface area (Å²) in [4.78, 5) is 28.3. The van der Waals surface area contributed by atoms with Crippen LogP contribution in [0.5, 0.6) is 11.5 Å². The number of nitrogens with zero attached hydrogens (tertiary/aromatic N) is 1. The second kappa shape index (κ2) is 11.5. The maximum absolute atomic E-state index is 13.5. The van der Waals surface area contributed by atoms with Gasteiger partial charge in [-0.3, -0.25) is 9.59 Å². The number of amides is 1. The van der Waals surface area contributed by atoms with Crippen molar-refractivity contribution in [2.45, 2.75) is 58.6 Å². The number of aliphatic hydroxyl groups excluding tert-OH is 1. The molecular formula is C33H36FNO5. The molecule has 0 bridgehead atoms. The zero-order valence-corrected chi connectivity index (χ0v) is 23.8. The van der Waals surface area contributed by atoms with E-state index in [0.717, 1.165) is 11.1 Å². The van der Waals surface area contributed by atoms with Gasteiger partial charge in [-0.15, -0.1) is 0 Å². The number of benzene rings is 3. The molecule has 0 radical (unpaired) electrons. The van der Waals surface area contributed by atoms with E-state index < -0.39 is 17.7 Å². The van der Waals surface area contributed by atoms with Crippen molar-refractivity contribution >= 4 is 17.4 Å². The Kier molecular flexibility index (Phi) is 8.33. The molecular weight excluding hydrogens is 509 g/mol. The summed E-state index contributed by atoms with van der Waals surface area (Å²) in [6.45, 7) is 10.2. The molecule has 1 atom stereocenters. The summed E-state index contributed by atoms with van der Waals surface area (Å²) >= 11 is 0. The molecule has 4 rings (SSSR count). The molecule has 1 saturated heterocycles. The molecule has 1 aliphatic heterocycles. The third kappa shape index (κ3) is 6.03. The predicted molar refractivity (Wildman–Crippen MR) is 153 cm³/mol. The van der Waals surface area contributed by atoms with E-state index >= 15 is 0 Å². The van der Waals surface area contributed by atoms with Crippen LogP contribution in [0.4, 0.5) is 4.39 Å². The summed E-state index contributed by atoms with van der Waals surface area (Å²) in [7, 11) is 1.59. The summed E-state index contributed by atoms with van der Waals surface area (Å²) in [5.41, 5.74) is 2.50. The Hall–Kier alpha value is -4.13. The van der Waals surface area contributed by atoms with Crippen LogP contribution < -0.4 is 9.47 Å². The van der Waals surface area contributed by atoms with Crippen LogP contribution in [0.2, 0.25) is 0 Å². The molecule has 6 nitrogen and oxygen atoms in total. The molecule has 3 aromatic carbocycles. The van der Waals surface area contributed by atoms with Crippen molar-refractivity contribution in [1.29, 1.82) is 0 Å². The minimum Gasteiger partial charge on any atom is -0.507 e. The van der Waals surface area contributed by atoms with Crippen LogP contribution in [-0.4, -0.2) is 41.5 Å². The summed E-state index contributed by atoms with van der Waals surface area (Å²) in [6, 6.07) is 17.7. The highest BCUT2D eigenvalue weighted by atomic mass is 19.1. The number of halogens is 1.